The molecular weight excluding hydrogens is 252 g/mol. The van der Waals surface area contributed by atoms with Gasteiger partial charge < -0.3 is 5.73 Å². The van der Waals surface area contributed by atoms with Crippen molar-refractivity contribution in [2.24, 2.45) is 23.7 Å². The molecule has 2 N–H and O–H groups in total. The SMILES string of the molecule is Nc1ccc(N2C(=O)[C@@H]3C4C=CC(CC4)[C@@H]3C2=O)cc1. The molecule has 1 aliphatic heterocycles. The van der Waals surface area contributed by atoms with Crippen molar-refractivity contribution in [1.82, 2.24) is 0 Å². The first-order valence-electron chi connectivity index (χ1n) is 7.08. The van der Waals surface area contributed by atoms with Gasteiger partial charge in [0, 0.05) is 5.69 Å². The maximum absolute atomic E-state index is 12.7. The van der Waals surface area contributed by atoms with Gasteiger partial charge in [0.05, 0.1) is 17.5 Å². The molecule has 2 fully saturated rings. The van der Waals surface area contributed by atoms with Crippen LogP contribution in [0.3, 0.4) is 0 Å². The Hall–Kier alpha value is -2.10. The fourth-order valence-electron chi connectivity index (χ4n) is 3.95. The number of anilines is 2. The van der Waals surface area contributed by atoms with Crippen molar-refractivity contribution in [2.45, 2.75) is 12.8 Å². The minimum absolute atomic E-state index is 0.0381. The summed E-state index contributed by atoms with van der Waals surface area (Å²) in [7, 11) is 0. The van der Waals surface area contributed by atoms with Crippen LogP contribution in [0.1, 0.15) is 12.8 Å². The topological polar surface area (TPSA) is 63.4 Å². The number of imide groups is 1. The highest BCUT2D eigenvalue weighted by Crippen LogP contribution is 2.50. The van der Waals surface area contributed by atoms with E-state index in [-0.39, 0.29) is 35.5 Å². The lowest BCUT2D eigenvalue weighted by atomic mass is 9.63. The number of fused-ring (bicyclic) bond motifs is 1. The van der Waals surface area contributed by atoms with Crippen molar-refractivity contribution in [3.05, 3.63) is 36.4 Å². The third-order valence-corrected chi connectivity index (χ3v) is 4.91. The van der Waals surface area contributed by atoms with E-state index in [9.17, 15) is 9.59 Å². The molecule has 2 bridgehead atoms. The summed E-state index contributed by atoms with van der Waals surface area (Å²) in [5, 5.41) is 0. The van der Waals surface area contributed by atoms with Crippen LogP contribution in [0.5, 0.6) is 0 Å². The molecule has 3 aliphatic carbocycles. The third kappa shape index (κ3) is 1.42. The fraction of sp³-hybridized carbons (Fsp3) is 0.375. The normalized spacial score (nSPS) is 34.7. The number of rotatable bonds is 1. The highest BCUT2D eigenvalue weighted by Gasteiger charge is 2.56. The average molecular weight is 268 g/mol. The second-order valence-corrected chi connectivity index (χ2v) is 5.94. The van der Waals surface area contributed by atoms with Crippen LogP contribution in [-0.4, -0.2) is 11.8 Å². The van der Waals surface area contributed by atoms with Gasteiger partial charge in [-0.3, -0.25) is 14.5 Å². The van der Waals surface area contributed by atoms with Crippen LogP contribution < -0.4 is 10.6 Å². The summed E-state index contributed by atoms with van der Waals surface area (Å²) < 4.78 is 0. The van der Waals surface area contributed by atoms with Crippen LogP contribution in [0.4, 0.5) is 11.4 Å². The molecule has 2 amide bonds. The molecule has 0 radical (unpaired) electrons. The first-order valence-corrected chi connectivity index (χ1v) is 7.08. The maximum Gasteiger partial charge on any atom is 0.238 e. The number of carbonyl (C=O) groups excluding carboxylic acids is 2. The Morgan fingerprint density at radius 2 is 1.40 bits per heavy atom. The lowest BCUT2D eigenvalue weighted by Crippen LogP contribution is -2.38. The quantitative estimate of drug-likeness (QED) is 0.481. The predicted molar refractivity (Wildman–Crippen MR) is 75.7 cm³/mol. The van der Waals surface area contributed by atoms with E-state index in [1.807, 2.05) is 0 Å². The molecule has 1 heterocycles. The molecular formula is C16H16N2O2. The van der Waals surface area contributed by atoms with Gasteiger partial charge in [-0.15, -0.1) is 0 Å². The summed E-state index contributed by atoms with van der Waals surface area (Å²) in [5.74, 6) is 0.0979. The molecule has 0 spiro atoms. The standard InChI is InChI=1S/C16H16N2O2/c17-11-5-7-12(8-6-11)18-15(19)13-9-1-2-10(4-3-9)14(13)16(18)20/h1-2,5-10,13-14H,3-4,17H2/t9?,10?,13-,14+. The highest BCUT2D eigenvalue weighted by molar-refractivity contribution is 6.22. The van der Waals surface area contributed by atoms with E-state index in [4.69, 9.17) is 5.73 Å². The Bertz CT molecular complexity index is 588. The number of allylic oxidation sites excluding steroid dienone is 2. The maximum atomic E-state index is 12.7. The van der Waals surface area contributed by atoms with Crippen molar-refractivity contribution in [3.63, 3.8) is 0 Å². The Balaban J connectivity index is 1.75. The second-order valence-electron chi connectivity index (χ2n) is 5.94. The van der Waals surface area contributed by atoms with E-state index in [1.54, 1.807) is 24.3 Å². The largest absolute Gasteiger partial charge is 0.399 e. The first-order chi connectivity index (χ1) is 9.66. The zero-order valence-corrected chi connectivity index (χ0v) is 11.0. The summed E-state index contributed by atoms with van der Waals surface area (Å²) in [4.78, 5) is 26.7. The van der Waals surface area contributed by atoms with Gasteiger partial charge in [0.25, 0.3) is 0 Å². The molecule has 102 valence electrons. The Kier molecular flexibility index (Phi) is 2.31. The third-order valence-electron chi connectivity index (χ3n) is 4.91. The summed E-state index contributed by atoms with van der Waals surface area (Å²) in [6, 6.07) is 6.95. The Labute approximate surface area is 117 Å². The molecule has 4 atom stereocenters. The second kappa shape index (κ2) is 3.95. The minimum Gasteiger partial charge on any atom is -0.399 e. The predicted octanol–water partition coefficient (Wildman–Crippen LogP) is 1.97. The number of nitrogens with zero attached hydrogens (tertiary/aromatic N) is 1. The van der Waals surface area contributed by atoms with Crippen LogP contribution in [0.25, 0.3) is 0 Å². The van der Waals surface area contributed by atoms with Crippen LogP contribution in [-0.2, 0) is 9.59 Å². The lowest BCUT2D eigenvalue weighted by molar-refractivity contribution is -0.124. The van der Waals surface area contributed by atoms with Gasteiger partial charge in [0.1, 0.15) is 0 Å². The first kappa shape index (κ1) is 11.7. The van der Waals surface area contributed by atoms with Crippen molar-refractivity contribution in [2.75, 3.05) is 10.6 Å². The van der Waals surface area contributed by atoms with Gasteiger partial charge in [0.2, 0.25) is 11.8 Å². The van der Waals surface area contributed by atoms with E-state index in [0.717, 1.165) is 12.8 Å². The molecule has 1 aromatic rings. The molecule has 2 unspecified atom stereocenters. The van der Waals surface area contributed by atoms with E-state index in [1.165, 1.54) is 4.90 Å². The molecule has 4 nitrogen and oxygen atoms in total. The summed E-state index contributed by atoms with van der Waals surface area (Å²) in [6.07, 6.45) is 6.31. The molecule has 5 rings (SSSR count). The molecule has 0 aromatic heterocycles. The molecule has 1 saturated carbocycles. The van der Waals surface area contributed by atoms with Gasteiger partial charge >= 0.3 is 0 Å². The van der Waals surface area contributed by atoms with Crippen LogP contribution in [0.15, 0.2) is 36.4 Å². The zero-order valence-electron chi connectivity index (χ0n) is 11.0. The number of amides is 2. The molecule has 4 heteroatoms. The highest BCUT2D eigenvalue weighted by atomic mass is 16.2. The Morgan fingerprint density at radius 3 is 1.85 bits per heavy atom. The number of benzene rings is 1. The summed E-state index contributed by atoms with van der Waals surface area (Å²) in [5.41, 5.74) is 6.94. The van der Waals surface area contributed by atoms with Gasteiger partial charge in [-0.2, -0.15) is 0 Å². The van der Waals surface area contributed by atoms with E-state index in [0.29, 0.717) is 11.4 Å². The summed E-state index contributed by atoms with van der Waals surface area (Å²) >= 11 is 0. The number of carbonyl (C=O) groups is 2. The molecule has 4 aliphatic rings. The van der Waals surface area contributed by atoms with Crippen LogP contribution in [0, 0.1) is 23.7 Å². The lowest BCUT2D eigenvalue weighted by Gasteiger charge is -2.38. The number of hydrogen-bond donors (Lipinski definition) is 1. The van der Waals surface area contributed by atoms with E-state index >= 15 is 0 Å². The van der Waals surface area contributed by atoms with E-state index < -0.39 is 0 Å². The Morgan fingerprint density at radius 1 is 0.900 bits per heavy atom. The molecule has 20 heavy (non-hydrogen) atoms. The fourth-order valence-corrected chi connectivity index (χ4v) is 3.95. The smallest absolute Gasteiger partial charge is 0.238 e. The van der Waals surface area contributed by atoms with Crippen molar-refractivity contribution in [3.8, 4) is 0 Å². The number of nitrogen functional groups attached to an aromatic ring is 1. The van der Waals surface area contributed by atoms with Crippen molar-refractivity contribution in [1.29, 1.82) is 0 Å². The van der Waals surface area contributed by atoms with Gasteiger partial charge in [-0.05, 0) is 48.9 Å². The van der Waals surface area contributed by atoms with Crippen LogP contribution >= 0.6 is 0 Å². The van der Waals surface area contributed by atoms with E-state index in [2.05, 4.69) is 12.2 Å². The van der Waals surface area contributed by atoms with Crippen LogP contribution in [0.2, 0.25) is 0 Å². The number of hydrogen-bond acceptors (Lipinski definition) is 3. The zero-order chi connectivity index (χ0) is 13.9. The minimum atomic E-state index is -0.149. The van der Waals surface area contributed by atoms with Gasteiger partial charge in [0.15, 0.2) is 0 Å². The average Bonchev–Trinajstić information content (AvgIpc) is 2.76. The van der Waals surface area contributed by atoms with Gasteiger partial charge in [-0.25, -0.2) is 0 Å². The van der Waals surface area contributed by atoms with Gasteiger partial charge in [-0.1, -0.05) is 12.2 Å². The monoisotopic (exact) mass is 268 g/mol. The number of nitrogens with two attached hydrogens (primary N) is 1. The summed E-state index contributed by atoms with van der Waals surface area (Å²) in [6.45, 7) is 0. The van der Waals surface area contributed by atoms with Crippen molar-refractivity contribution < 1.29 is 9.59 Å². The molecule has 1 aromatic carbocycles. The van der Waals surface area contributed by atoms with Crippen molar-refractivity contribution >= 4 is 23.2 Å². The molecule has 1 saturated heterocycles.